The van der Waals surface area contributed by atoms with Crippen molar-refractivity contribution in [1.82, 2.24) is 16.0 Å². The van der Waals surface area contributed by atoms with E-state index in [1.165, 1.54) is 0 Å². The number of carbonyl (C=O) groups is 1. The Bertz CT molecular complexity index is 645. The van der Waals surface area contributed by atoms with Crippen molar-refractivity contribution in [3.05, 3.63) is 29.3 Å². The summed E-state index contributed by atoms with van der Waals surface area (Å²) in [5.74, 6) is 1.58. The van der Waals surface area contributed by atoms with Gasteiger partial charge in [-0.3, -0.25) is 9.79 Å². The summed E-state index contributed by atoms with van der Waals surface area (Å²) in [5, 5.41) is 9.40. The van der Waals surface area contributed by atoms with E-state index in [2.05, 4.69) is 33.1 Å². The van der Waals surface area contributed by atoms with Crippen LogP contribution in [0.5, 0.6) is 5.75 Å². The molecule has 0 heterocycles. The number of halogens is 1. The van der Waals surface area contributed by atoms with Gasteiger partial charge in [0.05, 0.1) is 6.61 Å². The van der Waals surface area contributed by atoms with Crippen molar-refractivity contribution >= 4 is 35.8 Å². The topological polar surface area (TPSA) is 84.0 Å². The van der Waals surface area contributed by atoms with Crippen LogP contribution >= 0.6 is 24.0 Å². The van der Waals surface area contributed by atoms with E-state index in [0.717, 1.165) is 23.3 Å². The Morgan fingerprint density at radius 1 is 1.10 bits per heavy atom. The zero-order valence-electron chi connectivity index (χ0n) is 18.6. The SMILES string of the molecule is CN=C(NCCNC(=O)C(C)(C)C)NCc1ccc(C)cc1OCCCOC.I. The van der Waals surface area contributed by atoms with Crippen molar-refractivity contribution in [3.63, 3.8) is 0 Å². The van der Waals surface area contributed by atoms with E-state index in [9.17, 15) is 4.79 Å². The monoisotopic (exact) mass is 520 g/mol. The van der Waals surface area contributed by atoms with Crippen molar-refractivity contribution in [2.75, 3.05) is 40.5 Å². The minimum absolute atomic E-state index is 0. The molecule has 0 saturated heterocycles. The Morgan fingerprint density at radius 2 is 1.79 bits per heavy atom. The molecule has 1 rings (SSSR count). The molecule has 0 atom stereocenters. The van der Waals surface area contributed by atoms with Gasteiger partial charge in [-0.05, 0) is 18.6 Å². The average Bonchev–Trinajstić information content (AvgIpc) is 2.64. The van der Waals surface area contributed by atoms with Gasteiger partial charge in [0.25, 0.3) is 0 Å². The fourth-order valence-electron chi connectivity index (χ4n) is 2.35. The molecule has 1 aromatic rings. The van der Waals surface area contributed by atoms with Gasteiger partial charge in [0.15, 0.2) is 5.96 Å². The van der Waals surface area contributed by atoms with E-state index in [4.69, 9.17) is 9.47 Å². The predicted octanol–water partition coefficient (Wildman–Crippen LogP) is 2.86. The molecule has 29 heavy (non-hydrogen) atoms. The molecule has 8 heteroatoms. The molecule has 0 fully saturated rings. The second kappa shape index (κ2) is 14.4. The molecule has 1 aromatic carbocycles. The number of guanidine groups is 1. The lowest BCUT2D eigenvalue weighted by molar-refractivity contribution is -0.128. The summed E-state index contributed by atoms with van der Waals surface area (Å²) >= 11 is 0. The van der Waals surface area contributed by atoms with Crippen LogP contribution in [0, 0.1) is 12.3 Å². The summed E-state index contributed by atoms with van der Waals surface area (Å²) in [6, 6.07) is 6.17. The van der Waals surface area contributed by atoms with E-state index < -0.39 is 0 Å². The van der Waals surface area contributed by atoms with Crippen LogP contribution < -0.4 is 20.7 Å². The second-order valence-electron chi connectivity index (χ2n) is 7.66. The number of aryl methyl sites for hydroxylation is 1. The van der Waals surface area contributed by atoms with Crippen molar-refractivity contribution in [3.8, 4) is 5.75 Å². The first-order valence-electron chi connectivity index (χ1n) is 9.72. The van der Waals surface area contributed by atoms with Crippen LogP contribution in [0.25, 0.3) is 0 Å². The number of hydrogen-bond acceptors (Lipinski definition) is 4. The summed E-state index contributed by atoms with van der Waals surface area (Å²) in [7, 11) is 3.41. The molecule has 0 aliphatic heterocycles. The van der Waals surface area contributed by atoms with E-state index in [-0.39, 0.29) is 35.3 Å². The first-order chi connectivity index (χ1) is 13.3. The van der Waals surface area contributed by atoms with Gasteiger partial charge in [-0.25, -0.2) is 0 Å². The van der Waals surface area contributed by atoms with Crippen molar-refractivity contribution in [2.24, 2.45) is 10.4 Å². The standard InChI is InChI=1S/C21H36N4O3.HI/c1-16-8-9-17(18(14-16)28-13-7-12-27-6)15-25-20(22-5)24-11-10-23-19(26)21(2,3)4;/h8-9,14H,7,10-13,15H2,1-6H3,(H,23,26)(H2,22,24,25);1H. The van der Waals surface area contributed by atoms with Gasteiger partial charge in [0, 0.05) is 57.8 Å². The third-order valence-electron chi connectivity index (χ3n) is 4.03. The highest BCUT2D eigenvalue weighted by Gasteiger charge is 2.20. The molecule has 7 nitrogen and oxygen atoms in total. The first-order valence-corrected chi connectivity index (χ1v) is 9.72. The molecule has 166 valence electrons. The Hall–Kier alpha value is -1.55. The van der Waals surface area contributed by atoms with E-state index in [0.29, 0.717) is 38.8 Å². The number of amides is 1. The van der Waals surface area contributed by atoms with Gasteiger partial charge in [-0.1, -0.05) is 32.9 Å². The quantitative estimate of drug-likeness (QED) is 0.191. The normalized spacial score (nSPS) is 11.4. The summed E-state index contributed by atoms with van der Waals surface area (Å²) in [5.41, 5.74) is 1.83. The average molecular weight is 520 g/mol. The van der Waals surface area contributed by atoms with Gasteiger partial charge in [-0.2, -0.15) is 0 Å². The van der Waals surface area contributed by atoms with Gasteiger partial charge in [-0.15, -0.1) is 24.0 Å². The molecule has 0 aliphatic carbocycles. The number of carbonyl (C=O) groups excluding carboxylic acids is 1. The zero-order chi connectivity index (χ0) is 21.0. The Labute approximate surface area is 192 Å². The number of ether oxygens (including phenoxy) is 2. The zero-order valence-corrected chi connectivity index (χ0v) is 20.9. The van der Waals surface area contributed by atoms with Gasteiger partial charge < -0.3 is 25.4 Å². The highest BCUT2D eigenvalue weighted by molar-refractivity contribution is 14.0. The molecule has 0 aliphatic rings. The Kier molecular flexibility index (Phi) is 13.7. The Morgan fingerprint density at radius 3 is 2.41 bits per heavy atom. The number of rotatable bonds is 10. The number of nitrogens with one attached hydrogen (secondary N) is 3. The third kappa shape index (κ3) is 11.3. The summed E-state index contributed by atoms with van der Waals surface area (Å²) < 4.78 is 11.0. The number of nitrogens with zero attached hydrogens (tertiary/aromatic N) is 1. The summed E-state index contributed by atoms with van der Waals surface area (Å²) in [4.78, 5) is 16.1. The van der Waals surface area contributed by atoms with Crippen LogP contribution in [0.1, 0.15) is 38.3 Å². The maximum atomic E-state index is 11.9. The largest absolute Gasteiger partial charge is 0.493 e. The van der Waals surface area contributed by atoms with Gasteiger partial charge in [0.1, 0.15) is 5.75 Å². The minimum Gasteiger partial charge on any atom is -0.493 e. The lowest BCUT2D eigenvalue weighted by atomic mass is 9.96. The molecule has 0 saturated carbocycles. The number of benzene rings is 1. The van der Waals surface area contributed by atoms with E-state index in [1.807, 2.05) is 33.8 Å². The molecular weight excluding hydrogens is 483 g/mol. The lowest BCUT2D eigenvalue weighted by Crippen LogP contribution is -2.43. The molecule has 0 bridgehead atoms. The third-order valence-corrected chi connectivity index (χ3v) is 4.03. The molecular formula is C21H37IN4O3. The van der Waals surface area contributed by atoms with Crippen molar-refractivity contribution in [2.45, 2.75) is 40.7 Å². The number of methoxy groups -OCH3 is 1. The minimum atomic E-state index is -0.384. The molecule has 0 aromatic heterocycles. The fourth-order valence-corrected chi connectivity index (χ4v) is 2.35. The van der Waals surface area contributed by atoms with Crippen LogP contribution in [0.2, 0.25) is 0 Å². The lowest BCUT2D eigenvalue weighted by Gasteiger charge is -2.18. The highest BCUT2D eigenvalue weighted by Crippen LogP contribution is 2.20. The van der Waals surface area contributed by atoms with Crippen LogP contribution in [-0.4, -0.2) is 52.3 Å². The second-order valence-corrected chi connectivity index (χ2v) is 7.66. The van der Waals surface area contributed by atoms with Crippen LogP contribution in [0.3, 0.4) is 0 Å². The van der Waals surface area contributed by atoms with Gasteiger partial charge >= 0.3 is 0 Å². The summed E-state index contributed by atoms with van der Waals surface area (Å²) in [6.45, 7) is 10.8. The maximum Gasteiger partial charge on any atom is 0.225 e. The molecule has 0 radical (unpaired) electrons. The van der Waals surface area contributed by atoms with Crippen molar-refractivity contribution < 1.29 is 14.3 Å². The molecule has 3 N–H and O–H groups in total. The van der Waals surface area contributed by atoms with E-state index in [1.54, 1.807) is 14.2 Å². The van der Waals surface area contributed by atoms with Crippen LogP contribution in [0.4, 0.5) is 0 Å². The number of aliphatic imine (C=N–C) groups is 1. The first kappa shape index (κ1) is 27.5. The Balaban J connectivity index is 0.00000784. The summed E-state index contributed by atoms with van der Waals surface area (Å²) in [6.07, 6.45) is 0.848. The molecule has 0 unspecified atom stereocenters. The highest BCUT2D eigenvalue weighted by atomic mass is 127. The van der Waals surface area contributed by atoms with Crippen LogP contribution in [-0.2, 0) is 16.1 Å². The maximum absolute atomic E-state index is 11.9. The van der Waals surface area contributed by atoms with Crippen LogP contribution in [0.15, 0.2) is 23.2 Å². The fraction of sp³-hybridized carbons (Fsp3) is 0.619. The molecule has 0 spiro atoms. The smallest absolute Gasteiger partial charge is 0.225 e. The number of hydrogen-bond donors (Lipinski definition) is 3. The van der Waals surface area contributed by atoms with Gasteiger partial charge in [0.2, 0.25) is 5.91 Å². The predicted molar refractivity (Wildman–Crippen MR) is 129 cm³/mol. The van der Waals surface area contributed by atoms with E-state index >= 15 is 0 Å². The molecule has 1 amide bonds. The van der Waals surface area contributed by atoms with Crippen molar-refractivity contribution in [1.29, 1.82) is 0 Å².